The third-order valence-electron chi connectivity index (χ3n) is 3.05. The van der Waals surface area contributed by atoms with Crippen molar-refractivity contribution in [2.75, 3.05) is 26.3 Å². The summed E-state index contributed by atoms with van der Waals surface area (Å²) in [5.41, 5.74) is 0. The molecule has 0 radical (unpaired) electrons. The lowest BCUT2D eigenvalue weighted by Crippen LogP contribution is -2.42. The number of carbonyl (C=O) groups is 1. The predicted molar refractivity (Wildman–Crippen MR) is 69.8 cm³/mol. The fourth-order valence-corrected chi connectivity index (χ4v) is 2.34. The largest absolute Gasteiger partial charge is 0.381 e. The molecule has 0 bridgehead atoms. The molecule has 0 aromatic carbocycles. The fourth-order valence-electron chi connectivity index (χ4n) is 2.34. The standard InChI is InChI=1S/C14H27NO2/c1-11(2)9-15(10-12(3)4)14(16)13-5-7-17-8-6-13/h11-13H,5-10H2,1-4H3. The van der Waals surface area contributed by atoms with Crippen LogP contribution in [0.3, 0.4) is 0 Å². The molecule has 0 aliphatic carbocycles. The molecule has 0 spiro atoms. The Bertz CT molecular complexity index is 222. The van der Waals surface area contributed by atoms with Gasteiger partial charge in [-0.3, -0.25) is 4.79 Å². The van der Waals surface area contributed by atoms with Crippen LogP contribution in [0.15, 0.2) is 0 Å². The first-order valence-electron chi connectivity index (χ1n) is 6.87. The Balaban J connectivity index is 2.56. The van der Waals surface area contributed by atoms with Crippen LogP contribution in [0.25, 0.3) is 0 Å². The van der Waals surface area contributed by atoms with E-state index in [-0.39, 0.29) is 5.92 Å². The fraction of sp³-hybridized carbons (Fsp3) is 0.929. The monoisotopic (exact) mass is 241 g/mol. The van der Waals surface area contributed by atoms with Crippen molar-refractivity contribution >= 4 is 5.91 Å². The molecule has 0 unspecified atom stereocenters. The second-order valence-corrected chi connectivity index (χ2v) is 5.92. The first-order valence-corrected chi connectivity index (χ1v) is 6.87. The molecule has 1 fully saturated rings. The highest BCUT2D eigenvalue weighted by Gasteiger charge is 2.26. The van der Waals surface area contributed by atoms with Crippen LogP contribution in [0.5, 0.6) is 0 Å². The number of hydrogen-bond acceptors (Lipinski definition) is 2. The Morgan fingerprint density at radius 1 is 1.12 bits per heavy atom. The number of rotatable bonds is 5. The second kappa shape index (κ2) is 7.00. The van der Waals surface area contributed by atoms with Crippen molar-refractivity contribution in [3.63, 3.8) is 0 Å². The van der Waals surface area contributed by atoms with Gasteiger partial charge in [-0.25, -0.2) is 0 Å². The summed E-state index contributed by atoms with van der Waals surface area (Å²) in [4.78, 5) is 14.5. The van der Waals surface area contributed by atoms with Gasteiger partial charge in [-0.15, -0.1) is 0 Å². The van der Waals surface area contributed by atoms with Gasteiger partial charge in [-0.2, -0.15) is 0 Å². The summed E-state index contributed by atoms with van der Waals surface area (Å²) in [5.74, 6) is 1.62. The molecule has 1 aliphatic heterocycles. The molecule has 0 saturated carbocycles. The Labute approximate surface area is 106 Å². The van der Waals surface area contributed by atoms with Crippen molar-refractivity contribution in [1.29, 1.82) is 0 Å². The van der Waals surface area contributed by atoms with Gasteiger partial charge in [-0.1, -0.05) is 27.7 Å². The van der Waals surface area contributed by atoms with E-state index in [1.165, 1.54) is 0 Å². The van der Waals surface area contributed by atoms with Gasteiger partial charge in [0.2, 0.25) is 5.91 Å². The molecule has 0 atom stereocenters. The number of hydrogen-bond donors (Lipinski definition) is 0. The number of nitrogens with zero attached hydrogens (tertiary/aromatic N) is 1. The molecule has 17 heavy (non-hydrogen) atoms. The zero-order chi connectivity index (χ0) is 12.8. The average Bonchev–Trinajstić information content (AvgIpc) is 2.27. The maximum atomic E-state index is 12.4. The highest BCUT2D eigenvalue weighted by atomic mass is 16.5. The van der Waals surface area contributed by atoms with Crippen molar-refractivity contribution in [3.05, 3.63) is 0 Å². The van der Waals surface area contributed by atoms with Crippen LogP contribution in [-0.2, 0) is 9.53 Å². The van der Waals surface area contributed by atoms with Crippen molar-refractivity contribution in [2.24, 2.45) is 17.8 Å². The molecule has 0 N–H and O–H groups in total. The Hall–Kier alpha value is -0.570. The normalized spacial score (nSPS) is 17.8. The Morgan fingerprint density at radius 2 is 1.59 bits per heavy atom. The minimum Gasteiger partial charge on any atom is -0.381 e. The van der Waals surface area contributed by atoms with Gasteiger partial charge < -0.3 is 9.64 Å². The van der Waals surface area contributed by atoms with Crippen LogP contribution < -0.4 is 0 Å². The molecular formula is C14H27NO2. The van der Waals surface area contributed by atoms with E-state index in [0.29, 0.717) is 17.7 Å². The molecule has 3 heteroatoms. The molecular weight excluding hydrogens is 214 g/mol. The van der Waals surface area contributed by atoms with Crippen LogP contribution in [0.4, 0.5) is 0 Å². The summed E-state index contributed by atoms with van der Waals surface area (Å²) in [6, 6.07) is 0. The van der Waals surface area contributed by atoms with E-state index in [9.17, 15) is 4.79 Å². The summed E-state index contributed by atoms with van der Waals surface area (Å²) in [6.07, 6.45) is 1.79. The minimum absolute atomic E-state index is 0.196. The third-order valence-corrected chi connectivity index (χ3v) is 3.05. The number of amides is 1. The maximum Gasteiger partial charge on any atom is 0.225 e. The highest BCUT2D eigenvalue weighted by molar-refractivity contribution is 5.79. The molecule has 1 saturated heterocycles. The van der Waals surface area contributed by atoms with E-state index in [4.69, 9.17) is 4.74 Å². The van der Waals surface area contributed by atoms with Gasteiger partial charge in [0.05, 0.1) is 0 Å². The summed E-state index contributed by atoms with van der Waals surface area (Å²) in [7, 11) is 0. The van der Waals surface area contributed by atoms with Crippen LogP contribution >= 0.6 is 0 Å². The molecule has 0 aromatic heterocycles. The molecule has 3 nitrogen and oxygen atoms in total. The van der Waals surface area contributed by atoms with Gasteiger partial charge in [0.15, 0.2) is 0 Å². The average molecular weight is 241 g/mol. The van der Waals surface area contributed by atoms with E-state index < -0.39 is 0 Å². The van der Waals surface area contributed by atoms with Crippen molar-refractivity contribution < 1.29 is 9.53 Å². The van der Waals surface area contributed by atoms with E-state index in [2.05, 4.69) is 32.6 Å². The van der Waals surface area contributed by atoms with Crippen LogP contribution in [0.2, 0.25) is 0 Å². The summed E-state index contributed by atoms with van der Waals surface area (Å²) < 4.78 is 5.32. The smallest absolute Gasteiger partial charge is 0.225 e. The number of carbonyl (C=O) groups excluding carboxylic acids is 1. The zero-order valence-corrected chi connectivity index (χ0v) is 11.7. The van der Waals surface area contributed by atoms with Crippen LogP contribution in [0, 0.1) is 17.8 Å². The molecule has 1 heterocycles. The van der Waals surface area contributed by atoms with Gasteiger partial charge in [0, 0.05) is 32.2 Å². The van der Waals surface area contributed by atoms with Crippen molar-refractivity contribution in [1.82, 2.24) is 4.90 Å². The Morgan fingerprint density at radius 3 is 2.00 bits per heavy atom. The summed E-state index contributed by atoms with van der Waals surface area (Å²) in [6.45, 7) is 11.9. The number of ether oxygens (including phenoxy) is 1. The first-order chi connectivity index (χ1) is 8.00. The summed E-state index contributed by atoms with van der Waals surface area (Å²) in [5, 5.41) is 0. The molecule has 100 valence electrons. The lowest BCUT2D eigenvalue weighted by Gasteiger charge is -2.31. The molecule has 0 aromatic rings. The van der Waals surface area contributed by atoms with Crippen LogP contribution in [0.1, 0.15) is 40.5 Å². The Kier molecular flexibility index (Phi) is 5.96. The molecule has 1 aliphatic rings. The minimum atomic E-state index is 0.196. The van der Waals surface area contributed by atoms with E-state index in [0.717, 1.165) is 39.1 Å². The molecule has 1 amide bonds. The van der Waals surface area contributed by atoms with Gasteiger partial charge in [0.1, 0.15) is 0 Å². The highest BCUT2D eigenvalue weighted by Crippen LogP contribution is 2.19. The zero-order valence-electron chi connectivity index (χ0n) is 11.7. The topological polar surface area (TPSA) is 29.5 Å². The van der Waals surface area contributed by atoms with E-state index in [1.807, 2.05) is 0 Å². The quantitative estimate of drug-likeness (QED) is 0.740. The third kappa shape index (κ3) is 5.07. The summed E-state index contributed by atoms with van der Waals surface area (Å²) >= 11 is 0. The van der Waals surface area contributed by atoms with E-state index in [1.54, 1.807) is 0 Å². The van der Waals surface area contributed by atoms with Gasteiger partial charge in [-0.05, 0) is 24.7 Å². The van der Waals surface area contributed by atoms with Gasteiger partial charge >= 0.3 is 0 Å². The van der Waals surface area contributed by atoms with Crippen molar-refractivity contribution in [2.45, 2.75) is 40.5 Å². The lowest BCUT2D eigenvalue weighted by molar-refractivity contribution is -0.139. The maximum absolute atomic E-state index is 12.4. The van der Waals surface area contributed by atoms with Crippen molar-refractivity contribution in [3.8, 4) is 0 Å². The SMILES string of the molecule is CC(C)CN(CC(C)C)C(=O)C1CCOCC1. The predicted octanol–water partition coefficient (Wildman–Crippen LogP) is 2.55. The van der Waals surface area contributed by atoms with Crippen LogP contribution in [-0.4, -0.2) is 37.1 Å². The lowest BCUT2D eigenvalue weighted by atomic mass is 9.97. The van der Waals surface area contributed by atoms with E-state index >= 15 is 0 Å². The van der Waals surface area contributed by atoms with Gasteiger partial charge in [0.25, 0.3) is 0 Å². The molecule has 1 rings (SSSR count). The first kappa shape index (κ1) is 14.5. The second-order valence-electron chi connectivity index (χ2n) is 5.92.